The van der Waals surface area contributed by atoms with Crippen molar-refractivity contribution in [3.63, 3.8) is 0 Å². The van der Waals surface area contributed by atoms with Gasteiger partial charge in [-0.25, -0.2) is 0 Å². The second-order valence-electron chi connectivity index (χ2n) is 6.19. The van der Waals surface area contributed by atoms with Crippen molar-refractivity contribution in [3.05, 3.63) is 35.9 Å². The predicted molar refractivity (Wildman–Crippen MR) is 81.0 cm³/mol. The summed E-state index contributed by atoms with van der Waals surface area (Å²) in [5, 5.41) is 9.42. The Labute approximate surface area is 125 Å². The van der Waals surface area contributed by atoms with Gasteiger partial charge in [0.15, 0.2) is 0 Å². The molecule has 1 N–H and O–H groups in total. The van der Waals surface area contributed by atoms with Crippen molar-refractivity contribution in [2.75, 3.05) is 13.1 Å². The van der Waals surface area contributed by atoms with Crippen LogP contribution in [-0.4, -0.2) is 35.0 Å². The molecule has 1 aliphatic rings. The fourth-order valence-corrected chi connectivity index (χ4v) is 2.87. The zero-order valence-electron chi connectivity index (χ0n) is 12.7. The molecule has 4 heteroatoms. The lowest BCUT2D eigenvalue weighted by Crippen LogP contribution is -2.29. The van der Waals surface area contributed by atoms with Crippen molar-refractivity contribution in [2.45, 2.75) is 32.6 Å². The number of aliphatic carboxylic acids is 1. The van der Waals surface area contributed by atoms with E-state index in [2.05, 4.69) is 13.8 Å². The number of likely N-dealkylation sites (tertiary alicyclic amines) is 1. The smallest absolute Gasteiger partial charge is 0.308 e. The van der Waals surface area contributed by atoms with Crippen LogP contribution in [0.4, 0.5) is 0 Å². The second-order valence-corrected chi connectivity index (χ2v) is 6.19. The van der Waals surface area contributed by atoms with E-state index in [0.717, 1.165) is 12.0 Å². The molecule has 0 aromatic heterocycles. The van der Waals surface area contributed by atoms with Gasteiger partial charge in [-0.2, -0.15) is 0 Å². The van der Waals surface area contributed by atoms with E-state index in [0.29, 0.717) is 25.4 Å². The number of amides is 1. The molecule has 1 amide bonds. The Balaban J connectivity index is 2.08. The highest BCUT2D eigenvalue weighted by atomic mass is 16.4. The van der Waals surface area contributed by atoms with Crippen LogP contribution in [0.15, 0.2) is 30.3 Å². The number of carbonyl (C=O) groups is 2. The first kappa shape index (κ1) is 15.5. The van der Waals surface area contributed by atoms with E-state index in [1.54, 1.807) is 4.90 Å². The predicted octanol–water partition coefficient (Wildman–Crippen LogP) is 2.75. The van der Waals surface area contributed by atoms with Crippen molar-refractivity contribution in [3.8, 4) is 0 Å². The molecular formula is C17H23NO3. The highest BCUT2D eigenvalue weighted by Crippen LogP contribution is 2.33. The third-order valence-electron chi connectivity index (χ3n) is 4.15. The van der Waals surface area contributed by atoms with Gasteiger partial charge in [-0.1, -0.05) is 44.2 Å². The normalized spacial score (nSPS) is 21.8. The van der Waals surface area contributed by atoms with Crippen LogP contribution < -0.4 is 0 Å². The molecule has 1 fully saturated rings. The summed E-state index contributed by atoms with van der Waals surface area (Å²) in [5.74, 6) is -0.866. The first-order chi connectivity index (χ1) is 9.99. The van der Waals surface area contributed by atoms with E-state index in [4.69, 9.17) is 0 Å². The summed E-state index contributed by atoms with van der Waals surface area (Å²) in [6.07, 6.45) is 1.36. The van der Waals surface area contributed by atoms with Gasteiger partial charge in [0.05, 0.1) is 5.92 Å². The third kappa shape index (κ3) is 3.84. The molecular weight excluding hydrogens is 266 g/mol. The van der Waals surface area contributed by atoms with Gasteiger partial charge in [-0.3, -0.25) is 9.59 Å². The van der Waals surface area contributed by atoms with Crippen LogP contribution in [-0.2, 0) is 9.59 Å². The minimum absolute atomic E-state index is 0.0772. The Morgan fingerprint density at radius 1 is 1.24 bits per heavy atom. The van der Waals surface area contributed by atoms with Crippen LogP contribution in [0.5, 0.6) is 0 Å². The number of hydrogen-bond acceptors (Lipinski definition) is 2. The fourth-order valence-electron chi connectivity index (χ4n) is 2.87. The molecule has 1 aromatic rings. The molecule has 0 radical (unpaired) electrons. The average Bonchev–Trinajstić information content (AvgIpc) is 2.91. The Kier molecular flexibility index (Phi) is 4.99. The highest BCUT2D eigenvalue weighted by molar-refractivity contribution is 5.79. The SMILES string of the molecule is CC(C)CCC(=O)N1CC(C(=O)O)C(c2ccccc2)C1. The monoisotopic (exact) mass is 289 g/mol. The molecule has 114 valence electrons. The molecule has 0 saturated carbocycles. The number of nitrogens with zero attached hydrogens (tertiary/aromatic N) is 1. The van der Waals surface area contributed by atoms with Crippen LogP contribution >= 0.6 is 0 Å². The summed E-state index contributed by atoms with van der Waals surface area (Å²) in [6.45, 7) is 5.01. The molecule has 1 saturated heterocycles. The molecule has 1 aliphatic heterocycles. The quantitative estimate of drug-likeness (QED) is 0.906. The summed E-state index contributed by atoms with van der Waals surface area (Å²) in [4.78, 5) is 25.4. The van der Waals surface area contributed by atoms with E-state index < -0.39 is 11.9 Å². The van der Waals surface area contributed by atoms with E-state index in [9.17, 15) is 14.7 Å². The fraction of sp³-hybridized carbons (Fsp3) is 0.529. The van der Waals surface area contributed by atoms with Gasteiger partial charge in [0, 0.05) is 25.4 Å². The lowest BCUT2D eigenvalue weighted by atomic mass is 9.89. The van der Waals surface area contributed by atoms with Crippen molar-refractivity contribution in [2.24, 2.45) is 11.8 Å². The number of carboxylic acids is 1. The van der Waals surface area contributed by atoms with Crippen molar-refractivity contribution in [1.29, 1.82) is 0 Å². The van der Waals surface area contributed by atoms with Crippen molar-refractivity contribution < 1.29 is 14.7 Å². The van der Waals surface area contributed by atoms with Crippen LogP contribution in [0, 0.1) is 11.8 Å². The molecule has 21 heavy (non-hydrogen) atoms. The second kappa shape index (κ2) is 6.74. The van der Waals surface area contributed by atoms with Crippen LogP contribution in [0.2, 0.25) is 0 Å². The number of benzene rings is 1. The number of hydrogen-bond donors (Lipinski definition) is 1. The van der Waals surface area contributed by atoms with Crippen molar-refractivity contribution in [1.82, 2.24) is 4.90 Å². The summed E-state index contributed by atoms with van der Waals surface area (Å²) in [5.41, 5.74) is 1.00. The molecule has 1 aromatic carbocycles. The molecule has 2 rings (SSSR count). The van der Waals surface area contributed by atoms with E-state index in [1.807, 2.05) is 30.3 Å². The van der Waals surface area contributed by atoms with Gasteiger partial charge in [-0.15, -0.1) is 0 Å². The molecule has 1 heterocycles. The van der Waals surface area contributed by atoms with E-state index in [-0.39, 0.29) is 11.8 Å². The first-order valence-electron chi connectivity index (χ1n) is 7.54. The molecule has 0 bridgehead atoms. The maximum atomic E-state index is 12.2. The van der Waals surface area contributed by atoms with Gasteiger partial charge in [0.2, 0.25) is 5.91 Å². The van der Waals surface area contributed by atoms with Crippen LogP contribution in [0.1, 0.15) is 38.2 Å². The van der Waals surface area contributed by atoms with E-state index >= 15 is 0 Å². The first-order valence-corrected chi connectivity index (χ1v) is 7.54. The highest BCUT2D eigenvalue weighted by Gasteiger charge is 2.40. The largest absolute Gasteiger partial charge is 0.481 e. The third-order valence-corrected chi connectivity index (χ3v) is 4.15. The zero-order valence-corrected chi connectivity index (χ0v) is 12.7. The zero-order chi connectivity index (χ0) is 15.4. The van der Waals surface area contributed by atoms with Gasteiger partial charge in [0.1, 0.15) is 0 Å². The Morgan fingerprint density at radius 2 is 1.90 bits per heavy atom. The summed E-state index contributed by atoms with van der Waals surface area (Å²) in [6, 6.07) is 9.64. The maximum Gasteiger partial charge on any atom is 0.308 e. The van der Waals surface area contributed by atoms with Crippen LogP contribution in [0.3, 0.4) is 0 Å². The summed E-state index contributed by atoms with van der Waals surface area (Å²) >= 11 is 0. The number of carbonyl (C=O) groups excluding carboxylic acids is 1. The van der Waals surface area contributed by atoms with Gasteiger partial charge >= 0.3 is 5.97 Å². The number of rotatable bonds is 5. The van der Waals surface area contributed by atoms with Crippen LogP contribution in [0.25, 0.3) is 0 Å². The maximum absolute atomic E-state index is 12.2. The summed E-state index contributed by atoms with van der Waals surface area (Å²) in [7, 11) is 0. The van der Waals surface area contributed by atoms with Gasteiger partial charge in [0.25, 0.3) is 0 Å². The number of carboxylic acid groups (broad SMARTS) is 1. The Hall–Kier alpha value is -1.84. The topological polar surface area (TPSA) is 57.6 Å². The molecule has 2 atom stereocenters. The molecule has 0 aliphatic carbocycles. The average molecular weight is 289 g/mol. The molecule has 4 nitrogen and oxygen atoms in total. The van der Waals surface area contributed by atoms with Gasteiger partial charge in [-0.05, 0) is 17.9 Å². The lowest BCUT2D eigenvalue weighted by molar-refractivity contribution is -0.141. The van der Waals surface area contributed by atoms with E-state index in [1.165, 1.54) is 0 Å². The standard InChI is InChI=1S/C17H23NO3/c1-12(2)8-9-16(19)18-10-14(15(11-18)17(20)21)13-6-4-3-5-7-13/h3-7,12,14-15H,8-11H2,1-2H3,(H,20,21). The Bertz CT molecular complexity index is 498. The lowest BCUT2D eigenvalue weighted by Gasteiger charge is -2.17. The molecule has 0 spiro atoms. The molecule has 2 unspecified atom stereocenters. The minimum atomic E-state index is -0.817. The van der Waals surface area contributed by atoms with Crippen molar-refractivity contribution >= 4 is 11.9 Å². The summed E-state index contributed by atoms with van der Waals surface area (Å²) < 4.78 is 0. The van der Waals surface area contributed by atoms with Gasteiger partial charge < -0.3 is 10.0 Å². The Morgan fingerprint density at radius 3 is 2.48 bits per heavy atom. The minimum Gasteiger partial charge on any atom is -0.481 e.